The average Bonchev–Trinajstić information content (AvgIpc) is 2.25. The van der Waals surface area contributed by atoms with Crippen LogP contribution in [0.3, 0.4) is 0 Å². The van der Waals surface area contributed by atoms with Gasteiger partial charge < -0.3 is 15.7 Å². The lowest BCUT2D eigenvalue weighted by Crippen LogP contribution is -2.24. The van der Waals surface area contributed by atoms with Crippen LogP contribution in [0.4, 0.5) is 4.39 Å². The molecule has 0 fully saturated rings. The first-order valence-electron chi connectivity index (χ1n) is 5.25. The summed E-state index contributed by atoms with van der Waals surface area (Å²) in [5, 5.41) is 11.2. The molecule has 3 N–H and O–H groups in total. The van der Waals surface area contributed by atoms with Gasteiger partial charge in [-0.05, 0) is 32.9 Å². The van der Waals surface area contributed by atoms with Gasteiger partial charge in [-0.25, -0.2) is 9.18 Å². The van der Waals surface area contributed by atoms with Crippen LogP contribution in [0.1, 0.15) is 36.7 Å². The van der Waals surface area contributed by atoms with Gasteiger partial charge >= 0.3 is 5.97 Å². The number of carbonyl (C=O) groups excluding carboxylic acids is 1. The Morgan fingerprint density at radius 1 is 1.44 bits per heavy atom. The molecule has 0 spiro atoms. The lowest BCUT2D eigenvalue weighted by atomic mass is 10.1. The number of nitrogens with two attached hydrogens (primary N) is 1. The molecule has 0 saturated heterocycles. The number of hydrogen-bond acceptors (Lipinski definition) is 4. The van der Waals surface area contributed by atoms with Gasteiger partial charge in [0.25, 0.3) is 0 Å². The lowest BCUT2D eigenvalue weighted by Gasteiger charge is -2.19. The molecule has 0 saturated carbocycles. The smallest absolute Gasteiger partial charge is 0.341 e. The summed E-state index contributed by atoms with van der Waals surface area (Å²) in [6.07, 6.45) is 0. The Bertz CT molecular complexity index is 493. The van der Waals surface area contributed by atoms with Gasteiger partial charge in [-0.15, -0.1) is 0 Å². The van der Waals surface area contributed by atoms with Crippen LogP contribution in [-0.4, -0.2) is 22.6 Å². The largest absolute Gasteiger partial charge is 0.456 e. The van der Waals surface area contributed by atoms with Crippen LogP contribution in [-0.2, 0) is 4.74 Å². The number of oxime groups is 1. The third-order valence-electron chi connectivity index (χ3n) is 1.99. The van der Waals surface area contributed by atoms with E-state index in [2.05, 4.69) is 5.16 Å². The van der Waals surface area contributed by atoms with E-state index < -0.39 is 17.4 Å². The Hall–Kier alpha value is -2.11. The van der Waals surface area contributed by atoms with Gasteiger partial charge in [0.1, 0.15) is 11.4 Å². The van der Waals surface area contributed by atoms with E-state index in [1.165, 1.54) is 12.1 Å². The maximum Gasteiger partial charge on any atom is 0.341 e. The van der Waals surface area contributed by atoms with E-state index in [4.69, 9.17) is 15.7 Å². The van der Waals surface area contributed by atoms with Crippen LogP contribution in [0, 0.1) is 5.82 Å². The number of ether oxygens (including phenoxy) is 1. The highest BCUT2D eigenvalue weighted by Crippen LogP contribution is 2.16. The van der Waals surface area contributed by atoms with Crippen molar-refractivity contribution in [1.82, 2.24) is 0 Å². The van der Waals surface area contributed by atoms with Gasteiger partial charge in [0.15, 0.2) is 5.84 Å². The standard InChI is InChI=1S/C12H15FN2O3/c1-12(2,3)18-11(16)8-5-4-7(6-9(8)13)10(14)15-17/h4-6,17H,1-3H3,(H2,14,15). The third-order valence-corrected chi connectivity index (χ3v) is 1.99. The summed E-state index contributed by atoms with van der Waals surface area (Å²) in [6.45, 7) is 5.06. The second-order valence-corrected chi connectivity index (χ2v) is 4.68. The van der Waals surface area contributed by atoms with Crippen molar-refractivity contribution in [3.63, 3.8) is 0 Å². The van der Waals surface area contributed by atoms with Gasteiger partial charge in [0, 0.05) is 5.56 Å². The van der Waals surface area contributed by atoms with Crippen LogP contribution in [0.15, 0.2) is 23.4 Å². The molecule has 0 bridgehead atoms. The minimum atomic E-state index is -0.784. The molecule has 0 aliphatic rings. The van der Waals surface area contributed by atoms with Crippen LogP contribution in [0.2, 0.25) is 0 Å². The summed E-state index contributed by atoms with van der Waals surface area (Å²) in [5.74, 6) is -1.77. The summed E-state index contributed by atoms with van der Waals surface area (Å²) in [7, 11) is 0. The molecule has 0 aliphatic heterocycles. The van der Waals surface area contributed by atoms with E-state index in [1.807, 2.05) is 0 Å². The number of nitrogens with zero attached hydrogens (tertiary/aromatic N) is 1. The molecule has 5 nitrogen and oxygen atoms in total. The first-order valence-corrected chi connectivity index (χ1v) is 5.25. The topological polar surface area (TPSA) is 84.9 Å². The van der Waals surface area contributed by atoms with Gasteiger partial charge in [0.2, 0.25) is 0 Å². The highest BCUT2D eigenvalue weighted by atomic mass is 19.1. The van der Waals surface area contributed by atoms with Gasteiger partial charge in [-0.3, -0.25) is 0 Å². The maximum atomic E-state index is 13.7. The number of halogens is 1. The van der Waals surface area contributed by atoms with Crippen molar-refractivity contribution in [3.8, 4) is 0 Å². The molecule has 0 aliphatic carbocycles. The Kier molecular flexibility index (Phi) is 3.90. The lowest BCUT2D eigenvalue weighted by molar-refractivity contribution is 0.00647. The first kappa shape index (κ1) is 14.0. The predicted octanol–water partition coefficient (Wildman–Crippen LogP) is 1.88. The SMILES string of the molecule is CC(C)(C)OC(=O)c1ccc(C(N)=NO)cc1F. The third kappa shape index (κ3) is 3.44. The van der Waals surface area contributed by atoms with Gasteiger partial charge in [0.05, 0.1) is 5.56 Å². The number of amidine groups is 1. The number of benzene rings is 1. The summed E-state index contributed by atoms with van der Waals surface area (Å²) in [4.78, 5) is 11.7. The van der Waals surface area contributed by atoms with Crippen molar-refractivity contribution in [2.75, 3.05) is 0 Å². The molecule has 0 amide bonds. The fourth-order valence-electron chi connectivity index (χ4n) is 1.23. The maximum absolute atomic E-state index is 13.7. The van der Waals surface area contributed by atoms with E-state index in [9.17, 15) is 9.18 Å². The minimum Gasteiger partial charge on any atom is -0.456 e. The Morgan fingerprint density at radius 2 is 2.06 bits per heavy atom. The number of hydrogen-bond donors (Lipinski definition) is 2. The van der Waals surface area contributed by atoms with Crippen molar-refractivity contribution in [2.24, 2.45) is 10.9 Å². The van der Waals surface area contributed by atoms with E-state index in [-0.39, 0.29) is 17.0 Å². The molecular weight excluding hydrogens is 239 g/mol. The number of carbonyl (C=O) groups is 1. The summed E-state index contributed by atoms with van der Waals surface area (Å²) < 4.78 is 18.7. The molecule has 0 atom stereocenters. The second-order valence-electron chi connectivity index (χ2n) is 4.68. The molecule has 0 unspecified atom stereocenters. The summed E-state index contributed by atoms with van der Waals surface area (Å²) in [5.41, 5.74) is 4.60. The van der Waals surface area contributed by atoms with Crippen molar-refractivity contribution in [1.29, 1.82) is 0 Å². The van der Waals surface area contributed by atoms with Crippen LogP contribution < -0.4 is 5.73 Å². The Labute approximate surface area is 104 Å². The van der Waals surface area contributed by atoms with Crippen LogP contribution in [0.5, 0.6) is 0 Å². The first-order chi connectivity index (χ1) is 8.24. The zero-order valence-electron chi connectivity index (χ0n) is 10.4. The van der Waals surface area contributed by atoms with E-state index in [0.29, 0.717) is 0 Å². The average molecular weight is 254 g/mol. The molecule has 1 rings (SSSR count). The molecule has 0 heterocycles. The monoisotopic (exact) mass is 254 g/mol. The normalized spacial score (nSPS) is 12.3. The van der Waals surface area contributed by atoms with Crippen molar-refractivity contribution < 1.29 is 19.1 Å². The number of esters is 1. The molecule has 1 aromatic rings. The fourth-order valence-corrected chi connectivity index (χ4v) is 1.23. The van der Waals surface area contributed by atoms with E-state index >= 15 is 0 Å². The van der Waals surface area contributed by atoms with E-state index in [0.717, 1.165) is 6.07 Å². The molecule has 1 aromatic carbocycles. The fraction of sp³-hybridized carbons (Fsp3) is 0.333. The number of rotatable bonds is 2. The summed E-state index contributed by atoms with van der Waals surface area (Å²) >= 11 is 0. The Morgan fingerprint density at radius 3 is 2.50 bits per heavy atom. The van der Waals surface area contributed by atoms with Crippen molar-refractivity contribution in [2.45, 2.75) is 26.4 Å². The summed E-state index contributed by atoms with van der Waals surface area (Å²) in [6, 6.07) is 3.61. The van der Waals surface area contributed by atoms with Crippen LogP contribution >= 0.6 is 0 Å². The molecular formula is C12H15FN2O3. The van der Waals surface area contributed by atoms with Crippen molar-refractivity contribution >= 4 is 11.8 Å². The van der Waals surface area contributed by atoms with Gasteiger partial charge in [-0.1, -0.05) is 11.2 Å². The molecule has 0 aromatic heterocycles. The quantitative estimate of drug-likeness (QED) is 0.277. The molecule has 18 heavy (non-hydrogen) atoms. The zero-order valence-corrected chi connectivity index (χ0v) is 10.4. The molecule has 98 valence electrons. The Balaban J connectivity index is 3.03. The van der Waals surface area contributed by atoms with Gasteiger partial charge in [-0.2, -0.15) is 0 Å². The molecule has 0 radical (unpaired) electrons. The van der Waals surface area contributed by atoms with E-state index in [1.54, 1.807) is 20.8 Å². The second kappa shape index (κ2) is 5.03. The predicted molar refractivity (Wildman–Crippen MR) is 64.1 cm³/mol. The molecule has 6 heteroatoms. The van der Waals surface area contributed by atoms with Crippen molar-refractivity contribution in [3.05, 3.63) is 35.1 Å². The van der Waals surface area contributed by atoms with Crippen LogP contribution in [0.25, 0.3) is 0 Å². The highest BCUT2D eigenvalue weighted by molar-refractivity contribution is 5.98. The zero-order chi connectivity index (χ0) is 13.9. The highest BCUT2D eigenvalue weighted by Gasteiger charge is 2.21. The minimum absolute atomic E-state index is 0.183.